The van der Waals surface area contributed by atoms with Crippen molar-refractivity contribution in [3.8, 4) is 22.8 Å². The van der Waals surface area contributed by atoms with Gasteiger partial charge in [-0.3, -0.25) is 4.79 Å². The number of methoxy groups -OCH3 is 2. The van der Waals surface area contributed by atoms with E-state index in [-0.39, 0.29) is 29.5 Å². The largest absolute Gasteiger partial charge is 0.493 e. The standard InChI is InChI=1S/C24H30N4O5S/c1-6-14(2)25-24(29)18-12-19(16-7-8-20(32-4)21(11-16)33-5)26-23-22(18)15(3)27-28(23)17-9-10-34(30,31)13-17/h7-8,11-12,14,17H,6,9-10,13H2,1-5H3,(H,25,29). The van der Waals surface area contributed by atoms with Crippen molar-refractivity contribution in [3.05, 3.63) is 35.5 Å². The summed E-state index contributed by atoms with van der Waals surface area (Å²) in [6, 6.07) is 6.86. The van der Waals surface area contributed by atoms with Crippen molar-refractivity contribution in [3.63, 3.8) is 0 Å². The summed E-state index contributed by atoms with van der Waals surface area (Å²) in [6.45, 7) is 5.78. The van der Waals surface area contributed by atoms with Crippen molar-refractivity contribution in [2.75, 3.05) is 25.7 Å². The molecule has 0 bridgehead atoms. The fourth-order valence-electron chi connectivity index (χ4n) is 4.26. The summed E-state index contributed by atoms with van der Waals surface area (Å²) >= 11 is 0. The van der Waals surface area contributed by atoms with Crippen molar-refractivity contribution in [1.82, 2.24) is 20.1 Å². The van der Waals surface area contributed by atoms with Crippen LogP contribution >= 0.6 is 0 Å². The Morgan fingerprint density at radius 3 is 2.59 bits per heavy atom. The Kier molecular flexibility index (Phi) is 6.53. The molecule has 9 nitrogen and oxygen atoms in total. The Morgan fingerprint density at radius 2 is 1.97 bits per heavy atom. The number of rotatable bonds is 7. The first-order valence-electron chi connectivity index (χ1n) is 11.3. The lowest BCUT2D eigenvalue weighted by Gasteiger charge is -2.15. The molecule has 0 spiro atoms. The topological polar surface area (TPSA) is 112 Å². The average Bonchev–Trinajstić information content (AvgIpc) is 3.36. The molecule has 2 unspecified atom stereocenters. The van der Waals surface area contributed by atoms with Crippen LogP contribution in [0.3, 0.4) is 0 Å². The minimum absolute atomic E-state index is 0.00410. The zero-order chi connectivity index (χ0) is 24.6. The van der Waals surface area contributed by atoms with Gasteiger partial charge in [0.25, 0.3) is 5.91 Å². The van der Waals surface area contributed by atoms with Gasteiger partial charge in [0.15, 0.2) is 27.0 Å². The summed E-state index contributed by atoms with van der Waals surface area (Å²) in [4.78, 5) is 18.2. The lowest BCUT2D eigenvalue weighted by atomic mass is 10.0. The van der Waals surface area contributed by atoms with Crippen molar-refractivity contribution < 1.29 is 22.7 Å². The fraction of sp³-hybridized carbons (Fsp3) is 0.458. The number of nitrogens with zero attached hydrogens (tertiary/aromatic N) is 3. The number of aryl methyl sites for hydroxylation is 1. The Hall–Kier alpha value is -3.14. The lowest BCUT2D eigenvalue weighted by Crippen LogP contribution is -2.32. The Balaban J connectivity index is 1.93. The van der Waals surface area contributed by atoms with Gasteiger partial charge in [0.2, 0.25) is 0 Å². The Bertz CT molecular complexity index is 1350. The molecule has 2 aromatic heterocycles. The molecule has 0 aliphatic carbocycles. The van der Waals surface area contributed by atoms with Crippen molar-refractivity contribution in [1.29, 1.82) is 0 Å². The van der Waals surface area contributed by atoms with E-state index in [0.29, 0.717) is 45.9 Å². The third-order valence-electron chi connectivity index (χ3n) is 6.30. The molecule has 3 heterocycles. The second-order valence-electron chi connectivity index (χ2n) is 8.69. The Morgan fingerprint density at radius 1 is 1.24 bits per heavy atom. The molecule has 1 aliphatic heterocycles. The first-order chi connectivity index (χ1) is 16.2. The van der Waals surface area contributed by atoms with Gasteiger partial charge in [-0.05, 0) is 51.0 Å². The number of hydrogen-bond donors (Lipinski definition) is 1. The second kappa shape index (κ2) is 9.25. The van der Waals surface area contributed by atoms with Gasteiger partial charge in [-0.25, -0.2) is 18.1 Å². The number of pyridine rings is 1. The summed E-state index contributed by atoms with van der Waals surface area (Å²) in [5.74, 6) is 1.04. The maximum Gasteiger partial charge on any atom is 0.252 e. The summed E-state index contributed by atoms with van der Waals surface area (Å²) in [5.41, 5.74) is 2.90. The average molecular weight is 487 g/mol. The van der Waals surface area contributed by atoms with Gasteiger partial charge in [0.1, 0.15) is 0 Å². The molecule has 3 aromatic rings. The van der Waals surface area contributed by atoms with E-state index in [4.69, 9.17) is 14.5 Å². The van der Waals surface area contributed by atoms with E-state index in [1.54, 1.807) is 37.1 Å². The maximum absolute atomic E-state index is 13.3. The molecule has 1 aromatic carbocycles. The van der Waals surface area contributed by atoms with E-state index in [2.05, 4.69) is 10.4 Å². The van der Waals surface area contributed by atoms with Gasteiger partial charge < -0.3 is 14.8 Å². The third-order valence-corrected chi connectivity index (χ3v) is 8.06. The van der Waals surface area contributed by atoms with Crippen LogP contribution in [0.15, 0.2) is 24.3 Å². The van der Waals surface area contributed by atoms with E-state index in [1.165, 1.54) is 0 Å². The number of nitrogens with one attached hydrogen (secondary N) is 1. The predicted octanol–water partition coefficient (Wildman–Crippen LogP) is 3.31. The molecule has 1 saturated heterocycles. The maximum atomic E-state index is 13.3. The van der Waals surface area contributed by atoms with Crippen LogP contribution in [-0.2, 0) is 9.84 Å². The predicted molar refractivity (Wildman–Crippen MR) is 130 cm³/mol. The second-order valence-corrected chi connectivity index (χ2v) is 10.9. The summed E-state index contributed by atoms with van der Waals surface area (Å²) < 4.78 is 36.8. The molecule has 1 N–H and O–H groups in total. The summed E-state index contributed by atoms with van der Waals surface area (Å²) in [7, 11) is -0.00266. The van der Waals surface area contributed by atoms with Gasteiger partial charge in [0, 0.05) is 11.6 Å². The highest BCUT2D eigenvalue weighted by Crippen LogP contribution is 2.35. The zero-order valence-electron chi connectivity index (χ0n) is 20.1. The molecule has 0 radical (unpaired) electrons. The monoisotopic (exact) mass is 486 g/mol. The van der Waals surface area contributed by atoms with Gasteiger partial charge in [-0.1, -0.05) is 6.92 Å². The first kappa shape index (κ1) is 24.0. The molecule has 182 valence electrons. The number of hydrogen-bond acceptors (Lipinski definition) is 7. The van der Waals surface area contributed by atoms with Gasteiger partial charge >= 0.3 is 0 Å². The van der Waals surface area contributed by atoms with E-state index in [9.17, 15) is 13.2 Å². The van der Waals surface area contributed by atoms with Crippen LogP contribution in [0.5, 0.6) is 11.5 Å². The van der Waals surface area contributed by atoms with Crippen molar-refractivity contribution in [2.24, 2.45) is 0 Å². The van der Waals surface area contributed by atoms with Crippen molar-refractivity contribution in [2.45, 2.75) is 45.7 Å². The molecule has 1 aliphatic rings. The van der Waals surface area contributed by atoms with E-state index in [0.717, 1.165) is 12.0 Å². The number of aromatic nitrogens is 3. The van der Waals surface area contributed by atoms with Crippen LogP contribution < -0.4 is 14.8 Å². The van der Waals surface area contributed by atoms with Crippen LogP contribution in [0.2, 0.25) is 0 Å². The molecule has 0 saturated carbocycles. The van der Waals surface area contributed by atoms with Gasteiger partial charge in [-0.15, -0.1) is 0 Å². The summed E-state index contributed by atoms with van der Waals surface area (Å²) in [5, 5.41) is 8.31. The molecule has 1 fully saturated rings. The molecule has 1 amide bonds. The zero-order valence-corrected chi connectivity index (χ0v) is 20.9. The van der Waals surface area contributed by atoms with Gasteiger partial charge in [-0.2, -0.15) is 5.10 Å². The minimum atomic E-state index is -3.13. The number of carbonyl (C=O) groups excluding carboxylic acids is 1. The third kappa shape index (κ3) is 4.46. The molecule has 10 heteroatoms. The van der Waals surface area contributed by atoms with Crippen LogP contribution in [0.4, 0.5) is 0 Å². The number of ether oxygens (including phenoxy) is 2. The van der Waals surface area contributed by atoms with Gasteiger partial charge in [0.05, 0.1) is 54.1 Å². The van der Waals surface area contributed by atoms with Crippen molar-refractivity contribution >= 4 is 26.8 Å². The SMILES string of the molecule is CCC(C)NC(=O)c1cc(-c2ccc(OC)c(OC)c2)nc2c1c(C)nn2C1CCS(=O)(=O)C1. The van der Waals surface area contributed by atoms with Crippen LogP contribution in [0, 0.1) is 6.92 Å². The van der Waals surface area contributed by atoms with E-state index >= 15 is 0 Å². The number of sulfone groups is 1. The Labute approximate surface area is 199 Å². The normalized spacial score (nSPS) is 18.1. The molecule has 4 rings (SSSR count). The lowest BCUT2D eigenvalue weighted by molar-refractivity contribution is 0.0941. The first-order valence-corrected chi connectivity index (χ1v) is 13.1. The quantitative estimate of drug-likeness (QED) is 0.545. The fourth-order valence-corrected chi connectivity index (χ4v) is 5.95. The highest BCUT2D eigenvalue weighted by molar-refractivity contribution is 7.91. The smallest absolute Gasteiger partial charge is 0.252 e. The molecule has 2 atom stereocenters. The van der Waals surface area contributed by atoms with Crippen LogP contribution in [0.25, 0.3) is 22.3 Å². The number of amides is 1. The highest BCUT2D eigenvalue weighted by Gasteiger charge is 2.32. The molecular formula is C24H30N4O5S. The van der Waals surface area contributed by atoms with E-state index < -0.39 is 9.84 Å². The van der Waals surface area contributed by atoms with Crippen LogP contribution in [0.1, 0.15) is 48.8 Å². The van der Waals surface area contributed by atoms with Crippen LogP contribution in [-0.4, -0.2) is 60.9 Å². The highest BCUT2D eigenvalue weighted by atomic mass is 32.2. The molecular weight excluding hydrogens is 456 g/mol. The number of benzene rings is 1. The summed E-state index contributed by atoms with van der Waals surface area (Å²) in [6.07, 6.45) is 1.26. The van der Waals surface area contributed by atoms with E-state index in [1.807, 2.05) is 26.8 Å². The number of carbonyl (C=O) groups is 1. The molecule has 34 heavy (non-hydrogen) atoms. The number of fused-ring (bicyclic) bond motifs is 1. The minimum Gasteiger partial charge on any atom is -0.493 e.